The standard InChI is InChI=1S/C18H18N6O3S/c1-19-16(25)23-18-20-12-7-8-24(10-13(12)28-18)14-9-15(22-17(26)21-14)27-11-5-3-2-4-6-11/h2-6,9H,7-8,10H2,1H3,(H,21,22,26)(H2,19,20,23,25). The fourth-order valence-electron chi connectivity index (χ4n) is 2.83. The Bertz CT molecular complexity index is 994. The first kappa shape index (κ1) is 18.0. The molecule has 1 aromatic carbocycles. The van der Waals surface area contributed by atoms with Crippen LogP contribution < -0.4 is 20.3 Å². The number of amides is 2. The summed E-state index contributed by atoms with van der Waals surface area (Å²) >= 11 is 1.43. The molecule has 2 aromatic heterocycles. The lowest BCUT2D eigenvalue weighted by molar-refractivity contribution is 0.254. The number of urea groups is 1. The third-order valence-electron chi connectivity index (χ3n) is 4.15. The van der Waals surface area contributed by atoms with Crippen LogP contribution in [-0.2, 0) is 13.0 Å². The Labute approximate surface area is 165 Å². The number of para-hydroxylation sites is 1. The third kappa shape index (κ3) is 3.96. The number of rotatable bonds is 4. The number of fused-ring (bicyclic) bond motifs is 1. The summed E-state index contributed by atoms with van der Waals surface area (Å²) in [6.07, 6.45) is 0.709. The van der Waals surface area contributed by atoms with E-state index in [1.54, 1.807) is 13.1 Å². The van der Waals surface area contributed by atoms with Crippen LogP contribution in [-0.4, -0.2) is 39.7 Å². The lowest BCUT2D eigenvalue weighted by atomic mass is 10.2. The molecule has 0 spiro atoms. The van der Waals surface area contributed by atoms with Gasteiger partial charge in [0.2, 0.25) is 5.88 Å². The van der Waals surface area contributed by atoms with Crippen LogP contribution in [0, 0.1) is 0 Å². The highest BCUT2D eigenvalue weighted by Gasteiger charge is 2.23. The normalized spacial score (nSPS) is 13.0. The zero-order chi connectivity index (χ0) is 19.5. The molecular formula is C18H18N6O3S. The number of benzene rings is 1. The first-order valence-corrected chi connectivity index (χ1v) is 9.45. The number of aromatic hydroxyl groups is 1. The van der Waals surface area contributed by atoms with Crippen molar-refractivity contribution in [3.05, 3.63) is 47.0 Å². The summed E-state index contributed by atoms with van der Waals surface area (Å²) in [5.74, 6) is 1.46. The number of nitrogens with zero attached hydrogens (tertiary/aromatic N) is 4. The first-order chi connectivity index (χ1) is 13.6. The summed E-state index contributed by atoms with van der Waals surface area (Å²) in [7, 11) is 1.56. The molecule has 0 radical (unpaired) electrons. The van der Waals surface area contributed by atoms with Gasteiger partial charge < -0.3 is 20.1 Å². The monoisotopic (exact) mass is 398 g/mol. The summed E-state index contributed by atoms with van der Waals surface area (Å²) in [5, 5.41) is 15.7. The van der Waals surface area contributed by atoms with E-state index in [-0.39, 0.29) is 17.9 Å². The average molecular weight is 398 g/mol. The number of thiazole rings is 1. The molecule has 3 heterocycles. The molecule has 1 aliphatic rings. The second kappa shape index (κ2) is 7.69. The zero-order valence-electron chi connectivity index (χ0n) is 15.0. The predicted octanol–water partition coefficient (Wildman–Crippen LogP) is 2.75. The minimum atomic E-state index is -0.347. The van der Waals surface area contributed by atoms with Gasteiger partial charge in [0.15, 0.2) is 5.13 Å². The third-order valence-corrected chi connectivity index (χ3v) is 5.14. The quantitative estimate of drug-likeness (QED) is 0.619. The molecule has 28 heavy (non-hydrogen) atoms. The summed E-state index contributed by atoms with van der Waals surface area (Å²) in [5.41, 5.74) is 0.965. The Morgan fingerprint density at radius 2 is 2.07 bits per heavy atom. The fraction of sp³-hybridized carbons (Fsp3) is 0.222. The van der Waals surface area contributed by atoms with Crippen LogP contribution >= 0.6 is 11.3 Å². The second-order valence-electron chi connectivity index (χ2n) is 6.04. The van der Waals surface area contributed by atoms with Crippen molar-refractivity contribution in [2.75, 3.05) is 23.8 Å². The van der Waals surface area contributed by atoms with E-state index in [4.69, 9.17) is 4.74 Å². The van der Waals surface area contributed by atoms with Crippen molar-refractivity contribution >= 4 is 28.3 Å². The van der Waals surface area contributed by atoms with Crippen LogP contribution in [0.3, 0.4) is 0 Å². The minimum absolute atomic E-state index is 0.269. The lowest BCUT2D eigenvalue weighted by Crippen LogP contribution is -2.30. The Balaban J connectivity index is 1.53. The van der Waals surface area contributed by atoms with Gasteiger partial charge in [0, 0.05) is 31.0 Å². The Morgan fingerprint density at radius 3 is 2.86 bits per heavy atom. The zero-order valence-corrected chi connectivity index (χ0v) is 15.9. The summed E-state index contributed by atoms with van der Waals surface area (Å²) < 4.78 is 5.72. The molecule has 144 valence electrons. The predicted molar refractivity (Wildman–Crippen MR) is 105 cm³/mol. The molecule has 0 unspecified atom stereocenters. The largest absolute Gasteiger partial charge is 0.479 e. The smallest absolute Gasteiger partial charge is 0.320 e. The molecule has 0 atom stereocenters. The lowest BCUT2D eigenvalue weighted by Gasteiger charge is -2.27. The molecule has 0 saturated heterocycles. The van der Waals surface area contributed by atoms with Crippen LogP contribution in [0.4, 0.5) is 15.7 Å². The number of hydrogen-bond acceptors (Lipinski definition) is 8. The van der Waals surface area contributed by atoms with Gasteiger partial charge in [-0.15, -0.1) is 0 Å². The van der Waals surface area contributed by atoms with Gasteiger partial charge in [-0.1, -0.05) is 29.5 Å². The Morgan fingerprint density at radius 1 is 1.25 bits per heavy atom. The van der Waals surface area contributed by atoms with Crippen LogP contribution in [0.5, 0.6) is 17.6 Å². The van der Waals surface area contributed by atoms with Gasteiger partial charge in [0.05, 0.1) is 12.2 Å². The van der Waals surface area contributed by atoms with E-state index in [0.29, 0.717) is 36.2 Å². The van der Waals surface area contributed by atoms with Crippen molar-refractivity contribution in [3.63, 3.8) is 0 Å². The molecule has 0 aliphatic carbocycles. The van der Waals surface area contributed by atoms with Crippen molar-refractivity contribution in [2.24, 2.45) is 0 Å². The number of nitrogens with one attached hydrogen (secondary N) is 2. The highest BCUT2D eigenvalue weighted by Crippen LogP contribution is 2.32. The fourth-order valence-corrected chi connectivity index (χ4v) is 3.85. The van der Waals surface area contributed by atoms with E-state index in [1.807, 2.05) is 35.2 Å². The Kier molecular flexibility index (Phi) is 4.94. The van der Waals surface area contributed by atoms with Crippen molar-refractivity contribution < 1.29 is 14.6 Å². The van der Waals surface area contributed by atoms with E-state index >= 15 is 0 Å². The highest BCUT2D eigenvalue weighted by atomic mass is 32.1. The Hall–Kier alpha value is -3.40. The van der Waals surface area contributed by atoms with Crippen molar-refractivity contribution in [1.29, 1.82) is 0 Å². The van der Waals surface area contributed by atoms with Crippen molar-refractivity contribution in [3.8, 4) is 17.6 Å². The van der Waals surface area contributed by atoms with Gasteiger partial charge in [-0.25, -0.2) is 9.78 Å². The van der Waals surface area contributed by atoms with Gasteiger partial charge in [-0.3, -0.25) is 5.32 Å². The van der Waals surface area contributed by atoms with Crippen LogP contribution in [0.25, 0.3) is 0 Å². The molecule has 3 aromatic rings. The molecule has 10 heteroatoms. The number of carbonyl (C=O) groups is 1. The van der Waals surface area contributed by atoms with Crippen LogP contribution in [0.15, 0.2) is 36.4 Å². The minimum Gasteiger partial charge on any atom is -0.479 e. The maximum absolute atomic E-state index is 11.5. The molecule has 4 rings (SSSR count). The van der Waals surface area contributed by atoms with Gasteiger partial charge in [0.1, 0.15) is 11.6 Å². The summed E-state index contributed by atoms with van der Waals surface area (Å²) in [4.78, 5) is 27.1. The number of anilines is 2. The molecule has 1 aliphatic heterocycles. The molecule has 2 amide bonds. The summed E-state index contributed by atoms with van der Waals surface area (Å²) in [6.45, 7) is 1.25. The van der Waals surface area contributed by atoms with E-state index in [1.165, 1.54) is 11.3 Å². The van der Waals surface area contributed by atoms with Crippen LogP contribution in [0.1, 0.15) is 10.6 Å². The van der Waals surface area contributed by atoms with E-state index in [2.05, 4.69) is 25.6 Å². The molecule has 0 bridgehead atoms. The molecule has 0 fully saturated rings. The van der Waals surface area contributed by atoms with E-state index in [9.17, 15) is 9.90 Å². The SMILES string of the molecule is CNC(=O)Nc1nc2c(s1)CN(c1cc(Oc3ccccc3)nc(O)n1)CC2. The molecular weight excluding hydrogens is 380 g/mol. The maximum atomic E-state index is 11.5. The number of hydrogen-bond donors (Lipinski definition) is 3. The van der Waals surface area contributed by atoms with Crippen molar-refractivity contribution in [2.45, 2.75) is 13.0 Å². The van der Waals surface area contributed by atoms with E-state index < -0.39 is 0 Å². The van der Waals surface area contributed by atoms with Gasteiger partial charge in [-0.2, -0.15) is 9.97 Å². The van der Waals surface area contributed by atoms with Crippen LogP contribution in [0.2, 0.25) is 0 Å². The van der Waals surface area contributed by atoms with Gasteiger partial charge in [-0.05, 0) is 12.1 Å². The number of aromatic nitrogens is 3. The van der Waals surface area contributed by atoms with Gasteiger partial charge >= 0.3 is 12.0 Å². The molecule has 0 saturated carbocycles. The molecule has 9 nitrogen and oxygen atoms in total. The van der Waals surface area contributed by atoms with Gasteiger partial charge in [0.25, 0.3) is 0 Å². The topological polar surface area (TPSA) is 113 Å². The van der Waals surface area contributed by atoms with Crippen molar-refractivity contribution in [1.82, 2.24) is 20.3 Å². The molecule has 3 N–H and O–H groups in total. The number of ether oxygens (including phenoxy) is 1. The highest BCUT2D eigenvalue weighted by molar-refractivity contribution is 7.15. The second-order valence-corrected chi connectivity index (χ2v) is 7.13. The van der Waals surface area contributed by atoms with E-state index in [0.717, 1.165) is 10.6 Å². The maximum Gasteiger partial charge on any atom is 0.320 e. The summed E-state index contributed by atoms with van der Waals surface area (Å²) in [6, 6.07) is 10.3. The average Bonchev–Trinajstić information content (AvgIpc) is 3.09. The number of carbonyl (C=O) groups excluding carboxylic acids is 1. The first-order valence-electron chi connectivity index (χ1n) is 8.64.